The van der Waals surface area contributed by atoms with E-state index in [1.807, 2.05) is 20.8 Å². The van der Waals surface area contributed by atoms with E-state index in [2.05, 4.69) is 0 Å². The average Bonchev–Trinajstić information content (AvgIpc) is 2.91. The summed E-state index contributed by atoms with van der Waals surface area (Å²) in [4.78, 5) is 0. The predicted molar refractivity (Wildman–Crippen MR) is 82.0 cm³/mol. The summed E-state index contributed by atoms with van der Waals surface area (Å²) in [7, 11) is 1.47. The Bertz CT molecular complexity index is 288. The van der Waals surface area contributed by atoms with Crippen molar-refractivity contribution in [1.82, 2.24) is 0 Å². The van der Waals surface area contributed by atoms with Crippen LogP contribution in [-0.2, 0) is 14.2 Å². The Morgan fingerprint density at radius 3 is 1.64 bits per heavy atom. The number of rotatable bonds is 3. The molecule has 1 N–H and O–H groups in total. The average molecular weight is 326 g/mol. The molecule has 0 spiro atoms. The van der Waals surface area contributed by atoms with Crippen molar-refractivity contribution >= 4 is 0 Å². The van der Waals surface area contributed by atoms with E-state index in [0.29, 0.717) is 0 Å². The van der Waals surface area contributed by atoms with E-state index in [0.717, 1.165) is 12.8 Å². The zero-order valence-electron chi connectivity index (χ0n) is 13.5. The Morgan fingerprint density at radius 2 is 1.41 bits per heavy atom. The highest BCUT2D eigenvalue weighted by atomic mass is 19.1. The van der Waals surface area contributed by atoms with Gasteiger partial charge in [-0.05, 0) is 12.8 Å². The number of hydrogen-bond donors (Lipinski definition) is 1. The topological polar surface area (TPSA) is 47.9 Å². The first-order chi connectivity index (χ1) is 9.87. The van der Waals surface area contributed by atoms with Crippen molar-refractivity contribution in [1.29, 1.82) is 0 Å². The molecular formula is C16H32F2O4. The molecule has 0 saturated carbocycles. The minimum absolute atomic E-state index is 0. The lowest BCUT2D eigenvalue weighted by molar-refractivity contribution is -0.135. The van der Waals surface area contributed by atoms with Gasteiger partial charge in [0, 0.05) is 18.9 Å². The molecular weight excluding hydrogens is 294 g/mol. The van der Waals surface area contributed by atoms with E-state index in [1.165, 1.54) is 7.11 Å². The highest BCUT2D eigenvalue weighted by Gasteiger charge is 2.41. The first-order valence-electron chi connectivity index (χ1n) is 7.67. The molecule has 2 rings (SSSR count). The fourth-order valence-corrected chi connectivity index (χ4v) is 2.79. The summed E-state index contributed by atoms with van der Waals surface area (Å²) in [6.07, 6.45) is -2.48. The Hall–Kier alpha value is -0.300. The van der Waals surface area contributed by atoms with Gasteiger partial charge in [0.1, 0.15) is 0 Å². The molecule has 0 aliphatic carbocycles. The molecule has 2 heterocycles. The zero-order valence-corrected chi connectivity index (χ0v) is 13.5. The summed E-state index contributed by atoms with van der Waals surface area (Å²) < 4.78 is 41.0. The van der Waals surface area contributed by atoms with Crippen LogP contribution in [0.3, 0.4) is 0 Å². The predicted octanol–water partition coefficient (Wildman–Crippen LogP) is 3.47. The number of halogens is 2. The summed E-state index contributed by atoms with van der Waals surface area (Å²) in [6.45, 7) is 7.53. The molecule has 0 bridgehead atoms. The molecule has 4 nitrogen and oxygen atoms in total. The lowest BCUT2D eigenvalue weighted by Crippen LogP contribution is -2.22. The number of aliphatic hydroxyl groups excluding tert-OH is 1. The standard InChI is InChI=1S/C8H15FO2.C7H13FO2.CH4/c1-4-6-5(2)7(9)8(10-3)11-6;1-3-5-4(2)6(8)7(9)10-5;/h5-8H,4H2,1-3H3;4-7,9H,3H2,1-2H3;1H4/t5-,6-,7-,8?;4-,5-,6-,7?;/m11./s1. The SMILES string of the molecule is C.CC[C@H]1OC(O)[C@H](F)[C@@H]1C.CC[C@H]1OC(OC)[C@H](F)[C@@H]1C. The third-order valence-electron chi connectivity index (χ3n) is 4.37. The maximum absolute atomic E-state index is 13.2. The van der Waals surface area contributed by atoms with Crippen LogP contribution in [-0.4, -0.2) is 49.3 Å². The van der Waals surface area contributed by atoms with Crippen LogP contribution < -0.4 is 0 Å². The molecule has 2 aliphatic rings. The van der Waals surface area contributed by atoms with Crippen LogP contribution in [0.15, 0.2) is 0 Å². The maximum atomic E-state index is 13.2. The maximum Gasteiger partial charge on any atom is 0.189 e. The van der Waals surface area contributed by atoms with E-state index in [1.54, 1.807) is 6.92 Å². The molecule has 0 radical (unpaired) electrons. The Labute approximate surface area is 133 Å². The van der Waals surface area contributed by atoms with Crippen molar-refractivity contribution in [2.45, 2.75) is 85.1 Å². The van der Waals surface area contributed by atoms with Crippen molar-refractivity contribution in [3.63, 3.8) is 0 Å². The Morgan fingerprint density at radius 1 is 0.955 bits per heavy atom. The first-order valence-corrected chi connectivity index (χ1v) is 7.67. The van der Waals surface area contributed by atoms with Gasteiger partial charge in [0.05, 0.1) is 12.2 Å². The van der Waals surface area contributed by atoms with Gasteiger partial charge in [-0.1, -0.05) is 35.1 Å². The van der Waals surface area contributed by atoms with Crippen molar-refractivity contribution in [2.75, 3.05) is 7.11 Å². The molecule has 2 saturated heterocycles. The van der Waals surface area contributed by atoms with Crippen molar-refractivity contribution in [3.8, 4) is 0 Å². The third kappa shape index (κ3) is 4.85. The molecule has 22 heavy (non-hydrogen) atoms. The fourth-order valence-electron chi connectivity index (χ4n) is 2.79. The number of aliphatic hydroxyl groups is 1. The van der Waals surface area contributed by atoms with Gasteiger partial charge in [-0.15, -0.1) is 0 Å². The second-order valence-corrected chi connectivity index (χ2v) is 5.77. The lowest BCUT2D eigenvalue weighted by atomic mass is 10.0. The second kappa shape index (κ2) is 9.75. The van der Waals surface area contributed by atoms with Gasteiger partial charge in [0.2, 0.25) is 0 Å². The number of hydrogen-bond acceptors (Lipinski definition) is 4. The quantitative estimate of drug-likeness (QED) is 0.863. The van der Waals surface area contributed by atoms with Crippen LogP contribution in [0.4, 0.5) is 8.78 Å². The molecule has 2 fully saturated rings. The molecule has 2 aliphatic heterocycles. The largest absolute Gasteiger partial charge is 0.366 e. The number of ether oxygens (including phenoxy) is 3. The van der Waals surface area contributed by atoms with Gasteiger partial charge in [-0.25, -0.2) is 8.78 Å². The highest BCUT2D eigenvalue weighted by molar-refractivity contribution is 4.83. The van der Waals surface area contributed by atoms with E-state index >= 15 is 0 Å². The second-order valence-electron chi connectivity index (χ2n) is 5.77. The third-order valence-corrected chi connectivity index (χ3v) is 4.37. The normalized spacial score (nSPS) is 44.2. The van der Waals surface area contributed by atoms with Crippen LogP contribution in [0.5, 0.6) is 0 Å². The summed E-state index contributed by atoms with van der Waals surface area (Å²) in [5.74, 6) is -0.204. The monoisotopic (exact) mass is 326 g/mol. The molecule has 6 heteroatoms. The Kier molecular flexibility index (Phi) is 9.62. The van der Waals surface area contributed by atoms with Crippen LogP contribution in [0.1, 0.15) is 48.0 Å². The van der Waals surface area contributed by atoms with Gasteiger partial charge in [0.15, 0.2) is 24.9 Å². The summed E-state index contributed by atoms with van der Waals surface area (Å²) >= 11 is 0. The summed E-state index contributed by atoms with van der Waals surface area (Å²) in [6, 6.07) is 0. The van der Waals surface area contributed by atoms with E-state index < -0.39 is 24.9 Å². The van der Waals surface area contributed by atoms with Crippen LogP contribution >= 0.6 is 0 Å². The summed E-state index contributed by atoms with van der Waals surface area (Å²) in [5, 5.41) is 8.87. The van der Waals surface area contributed by atoms with Crippen molar-refractivity contribution in [2.24, 2.45) is 11.8 Å². The van der Waals surface area contributed by atoms with Gasteiger partial charge in [-0.2, -0.15) is 0 Å². The zero-order chi connectivity index (χ0) is 16.2. The molecule has 134 valence electrons. The van der Waals surface area contributed by atoms with Gasteiger partial charge >= 0.3 is 0 Å². The minimum atomic E-state index is -1.20. The van der Waals surface area contributed by atoms with Crippen molar-refractivity contribution < 1.29 is 28.1 Å². The van der Waals surface area contributed by atoms with Crippen molar-refractivity contribution in [3.05, 3.63) is 0 Å². The van der Waals surface area contributed by atoms with Crippen LogP contribution in [0.25, 0.3) is 0 Å². The minimum Gasteiger partial charge on any atom is -0.366 e. The van der Waals surface area contributed by atoms with E-state index in [9.17, 15) is 8.78 Å². The fraction of sp³-hybridized carbons (Fsp3) is 1.00. The van der Waals surface area contributed by atoms with Gasteiger partial charge < -0.3 is 19.3 Å². The van der Waals surface area contributed by atoms with E-state index in [-0.39, 0.29) is 31.5 Å². The van der Waals surface area contributed by atoms with Gasteiger partial charge in [-0.3, -0.25) is 0 Å². The first kappa shape index (κ1) is 21.7. The molecule has 0 amide bonds. The molecule has 0 aromatic rings. The van der Waals surface area contributed by atoms with E-state index in [4.69, 9.17) is 19.3 Å². The summed E-state index contributed by atoms with van der Waals surface area (Å²) in [5.41, 5.74) is 0. The van der Waals surface area contributed by atoms with Crippen LogP contribution in [0, 0.1) is 11.8 Å². The molecule has 2 unspecified atom stereocenters. The molecule has 8 atom stereocenters. The smallest absolute Gasteiger partial charge is 0.189 e. The molecule has 0 aromatic heterocycles. The lowest BCUT2D eigenvalue weighted by Gasteiger charge is -2.10. The number of alkyl halides is 2. The highest BCUT2D eigenvalue weighted by Crippen LogP contribution is 2.31. The van der Waals surface area contributed by atoms with Crippen LogP contribution in [0.2, 0.25) is 0 Å². The number of methoxy groups -OCH3 is 1. The van der Waals surface area contributed by atoms with Gasteiger partial charge in [0.25, 0.3) is 0 Å². The molecule has 0 aromatic carbocycles. The Balaban J connectivity index is 0.000000385.